The SMILES string of the molecule is COc1ccc2nc(/C=C/c3cccc4ccccc34)sc2c1. The minimum Gasteiger partial charge on any atom is -0.497 e. The van der Waals surface area contributed by atoms with Crippen molar-refractivity contribution in [2.45, 2.75) is 0 Å². The molecule has 23 heavy (non-hydrogen) atoms. The molecular formula is C20H15NOS. The van der Waals surface area contributed by atoms with Gasteiger partial charge >= 0.3 is 0 Å². The molecule has 112 valence electrons. The molecule has 3 aromatic carbocycles. The summed E-state index contributed by atoms with van der Waals surface area (Å²) in [6.07, 6.45) is 4.22. The topological polar surface area (TPSA) is 22.1 Å². The highest BCUT2D eigenvalue weighted by atomic mass is 32.1. The molecule has 3 heteroatoms. The normalized spacial score (nSPS) is 11.5. The van der Waals surface area contributed by atoms with Gasteiger partial charge in [0.15, 0.2) is 0 Å². The molecule has 0 radical (unpaired) electrons. The highest BCUT2D eigenvalue weighted by Crippen LogP contribution is 2.28. The van der Waals surface area contributed by atoms with Crippen molar-refractivity contribution in [3.63, 3.8) is 0 Å². The van der Waals surface area contributed by atoms with Gasteiger partial charge in [-0.15, -0.1) is 11.3 Å². The average molecular weight is 317 g/mol. The molecule has 1 heterocycles. The second-order valence-electron chi connectivity index (χ2n) is 5.29. The number of thiazole rings is 1. The van der Waals surface area contributed by atoms with Crippen LogP contribution in [0.2, 0.25) is 0 Å². The molecule has 0 spiro atoms. The Hall–Kier alpha value is -2.65. The number of ether oxygens (including phenoxy) is 1. The third-order valence-corrected chi connectivity index (χ3v) is 4.82. The van der Waals surface area contributed by atoms with Gasteiger partial charge in [-0.25, -0.2) is 4.98 Å². The summed E-state index contributed by atoms with van der Waals surface area (Å²) in [5, 5.41) is 3.51. The van der Waals surface area contributed by atoms with E-state index in [1.165, 1.54) is 16.3 Å². The first-order chi connectivity index (χ1) is 11.3. The molecular weight excluding hydrogens is 302 g/mol. The van der Waals surface area contributed by atoms with Crippen LogP contribution in [-0.2, 0) is 0 Å². The maximum absolute atomic E-state index is 5.27. The number of nitrogens with zero attached hydrogens (tertiary/aromatic N) is 1. The van der Waals surface area contributed by atoms with Gasteiger partial charge in [0.25, 0.3) is 0 Å². The van der Waals surface area contributed by atoms with Crippen LogP contribution < -0.4 is 4.74 Å². The molecule has 0 amide bonds. The summed E-state index contributed by atoms with van der Waals surface area (Å²) in [6.45, 7) is 0. The quantitative estimate of drug-likeness (QED) is 0.488. The molecule has 0 aliphatic heterocycles. The molecule has 1 aromatic heterocycles. The van der Waals surface area contributed by atoms with Crippen LogP contribution in [0.4, 0.5) is 0 Å². The third kappa shape index (κ3) is 2.71. The van der Waals surface area contributed by atoms with E-state index in [-0.39, 0.29) is 0 Å². The molecule has 0 atom stereocenters. The first kappa shape index (κ1) is 14.0. The summed E-state index contributed by atoms with van der Waals surface area (Å²) in [4.78, 5) is 4.66. The summed E-state index contributed by atoms with van der Waals surface area (Å²) < 4.78 is 6.41. The fourth-order valence-corrected chi connectivity index (χ4v) is 3.58. The Labute approximate surface area is 138 Å². The lowest BCUT2D eigenvalue weighted by Gasteiger charge is -2.00. The van der Waals surface area contributed by atoms with Crippen LogP contribution in [0.25, 0.3) is 33.1 Å². The molecule has 0 unspecified atom stereocenters. The van der Waals surface area contributed by atoms with Gasteiger partial charge in [-0.3, -0.25) is 0 Å². The van der Waals surface area contributed by atoms with Crippen molar-refractivity contribution in [3.05, 3.63) is 71.2 Å². The van der Waals surface area contributed by atoms with E-state index in [0.29, 0.717) is 0 Å². The zero-order chi connectivity index (χ0) is 15.6. The molecule has 0 saturated heterocycles. The summed E-state index contributed by atoms with van der Waals surface area (Å²) >= 11 is 1.67. The molecule has 4 rings (SSSR count). The summed E-state index contributed by atoms with van der Waals surface area (Å²) in [5.41, 5.74) is 2.22. The van der Waals surface area contributed by atoms with Crippen LogP contribution in [0, 0.1) is 0 Å². The largest absolute Gasteiger partial charge is 0.497 e. The minimum absolute atomic E-state index is 0.866. The van der Waals surface area contributed by atoms with E-state index < -0.39 is 0 Å². The number of hydrogen-bond donors (Lipinski definition) is 0. The van der Waals surface area contributed by atoms with Gasteiger partial charge in [0.2, 0.25) is 0 Å². The van der Waals surface area contributed by atoms with Crippen molar-refractivity contribution in [1.29, 1.82) is 0 Å². The van der Waals surface area contributed by atoms with E-state index in [2.05, 4.69) is 59.6 Å². The molecule has 0 saturated carbocycles. The summed E-state index contributed by atoms with van der Waals surface area (Å²) in [5.74, 6) is 0.866. The van der Waals surface area contributed by atoms with E-state index in [9.17, 15) is 0 Å². The first-order valence-electron chi connectivity index (χ1n) is 7.44. The van der Waals surface area contributed by atoms with Gasteiger partial charge in [0.05, 0.1) is 17.3 Å². The Bertz CT molecular complexity index is 1010. The van der Waals surface area contributed by atoms with Crippen LogP contribution in [0.1, 0.15) is 10.6 Å². The molecule has 0 aliphatic carbocycles. The van der Waals surface area contributed by atoms with Crippen molar-refractivity contribution in [1.82, 2.24) is 4.98 Å². The van der Waals surface area contributed by atoms with Crippen molar-refractivity contribution >= 4 is 44.5 Å². The number of methoxy groups -OCH3 is 1. The zero-order valence-corrected chi connectivity index (χ0v) is 13.5. The van der Waals surface area contributed by atoms with Crippen LogP contribution in [0.15, 0.2) is 60.7 Å². The minimum atomic E-state index is 0.866. The Kier molecular flexibility index (Phi) is 3.56. The molecule has 0 bridgehead atoms. The number of rotatable bonds is 3. The zero-order valence-electron chi connectivity index (χ0n) is 12.7. The summed E-state index contributed by atoms with van der Waals surface area (Å²) in [7, 11) is 1.68. The number of fused-ring (bicyclic) bond motifs is 2. The van der Waals surface area contributed by atoms with Crippen molar-refractivity contribution in [2.75, 3.05) is 7.11 Å². The second-order valence-corrected chi connectivity index (χ2v) is 6.35. The highest BCUT2D eigenvalue weighted by molar-refractivity contribution is 7.19. The third-order valence-electron chi connectivity index (χ3n) is 3.84. The first-order valence-corrected chi connectivity index (χ1v) is 8.25. The maximum Gasteiger partial charge on any atom is 0.120 e. The average Bonchev–Trinajstić information content (AvgIpc) is 3.01. The standard InChI is InChI=1S/C20H15NOS/c1-22-16-10-11-18-19(13-16)23-20(21-18)12-9-15-7-4-6-14-5-2-3-8-17(14)15/h2-13H,1H3/b12-9+. The van der Waals surface area contributed by atoms with Gasteiger partial charge in [-0.2, -0.15) is 0 Å². The molecule has 0 N–H and O–H groups in total. The van der Waals surface area contributed by atoms with E-state index in [1.807, 2.05) is 18.2 Å². The number of benzene rings is 3. The van der Waals surface area contributed by atoms with Gasteiger partial charge < -0.3 is 4.74 Å². The van der Waals surface area contributed by atoms with E-state index in [4.69, 9.17) is 4.74 Å². The van der Waals surface area contributed by atoms with Gasteiger partial charge in [-0.05, 0) is 40.6 Å². The Morgan fingerprint density at radius 3 is 2.74 bits per heavy atom. The van der Waals surface area contributed by atoms with Gasteiger partial charge in [-0.1, -0.05) is 48.5 Å². The van der Waals surface area contributed by atoms with Crippen molar-refractivity contribution < 1.29 is 4.74 Å². The molecule has 4 aromatic rings. The smallest absolute Gasteiger partial charge is 0.120 e. The lowest BCUT2D eigenvalue weighted by Crippen LogP contribution is -1.80. The second kappa shape index (κ2) is 5.86. The Balaban J connectivity index is 1.72. The fourth-order valence-electron chi connectivity index (χ4n) is 2.68. The van der Waals surface area contributed by atoms with Crippen LogP contribution in [-0.4, -0.2) is 12.1 Å². The van der Waals surface area contributed by atoms with Crippen molar-refractivity contribution in [2.24, 2.45) is 0 Å². The van der Waals surface area contributed by atoms with Crippen molar-refractivity contribution in [3.8, 4) is 5.75 Å². The van der Waals surface area contributed by atoms with Crippen LogP contribution >= 0.6 is 11.3 Å². The van der Waals surface area contributed by atoms with E-state index in [0.717, 1.165) is 21.0 Å². The molecule has 2 nitrogen and oxygen atoms in total. The monoisotopic (exact) mass is 317 g/mol. The van der Waals surface area contributed by atoms with Crippen LogP contribution in [0.3, 0.4) is 0 Å². The molecule has 0 fully saturated rings. The highest BCUT2D eigenvalue weighted by Gasteiger charge is 2.03. The lowest BCUT2D eigenvalue weighted by molar-refractivity contribution is 0.415. The van der Waals surface area contributed by atoms with Crippen LogP contribution in [0.5, 0.6) is 5.75 Å². The number of hydrogen-bond acceptors (Lipinski definition) is 3. The molecule has 0 aliphatic rings. The van der Waals surface area contributed by atoms with Gasteiger partial charge in [0.1, 0.15) is 10.8 Å². The fraction of sp³-hybridized carbons (Fsp3) is 0.0500. The lowest BCUT2D eigenvalue weighted by atomic mass is 10.0. The maximum atomic E-state index is 5.27. The van der Waals surface area contributed by atoms with E-state index >= 15 is 0 Å². The summed E-state index contributed by atoms with van der Waals surface area (Å²) in [6, 6.07) is 20.8. The number of aromatic nitrogens is 1. The Morgan fingerprint density at radius 1 is 0.957 bits per heavy atom. The predicted molar refractivity (Wildman–Crippen MR) is 99.0 cm³/mol. The predicted octanol–water partition coefficient (Wildman–Crippen LogP) is 5.63. The van der Waals surface area contributed by atoms with E-state index in [1.54, 1.807) is 18.4 Å². The van der Waals surface area contributed by atoms with Gasteiger partial charge in [0, 0.05) is 0 Å². The Morgan fingerprint density at radius 2 is 1.83 bits per heavy atom.